The molecule has 0 saturated heterocycles. The van der Waals surface area contributed by atoms with Crippen LogP contribution in [0.25, 0.3) is 0 Å². The Balaban J connectivity index is 2.20. The Hall–Kier alpha value is -1.25. The van der Waals surface area contributed by atoms with Gasteiger partial charge in [0.2, 0.25) is 0 Å². The van der Waals surface area contributed by atoms with Crippen LogP contribution in [0, 0.1) is 5.92 Å². The van der Waals surface area contributed by atoms with E-state index in [0.29, 0.717) is 5.92 Å². The molecule has 1 saturated carbocycles. The number of rotatable bonds is 5. The van der Waals surface area contributed by atoms with Gasteiger partial charge in [0.1, 0.15) is 5.82 Å². The van der Waals surface area contributed by atoms with Crippen LogP contribution in [0.2, 0.25) is 0 Å². The Bertz CT molecular complexity index is 370. The Morgan fingerprint density at radius 2 is 2.11 bits per heavy atom. The smallest absolute Gasteiger partial charge is 0.127 e. The topological polar surface area (TPSA) is 28.2 Å². The summed E-state index contributed by atoms with van der Waals surface area (Å²) in [4.78, 5) is 6.89. The van der Waals surface area contributed by atoms with Crippen LogP contribution >= 0.6 is 0 Å². The lowest BCUT2D eigenvalue weighted by atomic mass is 10.1. The fraction of sp³-hybridized carbons (Fsp3) is 0.667. The molecule has 0 unspecified atom stereocenters. The molecule has 3 nitrogen and oxygen atoms in total. The molecule has 100 valence electrons. The normalized spacial score (nSPS) is 16.2. The van der Waals surface area contributed by atoms with Crippen LogP contribution in [0.1, 0.15) is 39.5 Å². The first-order valence-electron chi connectivity index (χ1n) is 7.11. The lowest BCUT2D eigenvalue weighted by Gasteiger charge is -2.33. The van der Waals surface area contributed by atoms with Gasteiger partial charge in [-0.1, -0.05) is 26.7 Å². The second kappa shape index (κ2) is 6.07. The zero-order chi connectivity index (χ0) is 13.0. The van der Waals surface area contributed by atoms with Crippen LogP contribution in [0.5, 0.6) is 0 Å². The third-order valence-corrected chi connectivity index (χ3v) is 3.66. The standard InChI is InChI=1S/C15H25N3/c1-12(2)11-18(13-6-4-5-7-13)14-8-9-17-15(10-14)16-3/h8-10,12-13H,4-7,11H2,1-3H3,(H,16,17). The van der Waals surface area contributed by atoms with E-state index in [4.69, 9.17) is 0 Å². The van der Waals surface area contributed by atoms with E-state index in [9.17, 15) is 0 Å². The third-order valence-electron chi connectivity index (χ3n) is 3.66. The van der Waals surface area contributed by atoms with Gasteiger partial charge >= 0.3 is 0 Å². The maximum atomic E-state index is 4.31. The van der Waals surface area contributed by atoms with Crippen molar-refractivity contribution in [2.75, 3.05) is 23.8 Å². The van der Waals surface area contributed by atoms with Crippen LogP contribution in [0.15, 0.2) is 18.3 Å². The number of aromatic nitrogens is 1. The first-order chi connectivity index (χ1) is 8.70. The molecule has 0 bridgehead atoms. The molecular weight excluding hydrogens is 222 g/mol. The quantitative estimate of drug-likeness (QED) is 0.862. The van der Waals surface area contributed by atoms with Crippen LogP contribution in [-0.2, 0) is 0 Å². The molecule has 0 spiro atoms. The predicted octanol–water partition coefficient (Wildman–Crippen LogP) is 3.53. The molecule has 3 heteroatoms. The van der Waals surface area contributed by atoms with E-state index in [1.165, 1.54) is 31.4 Å². The van der Waals surface area contributed by atoms with Crippen molar-refractivity contribution in [3.63, 3.8) is 0 Å². The molecule has 0 aliphatic heterocycles. The molecule has 1 heterocycles. The van der Waals surface area contributed by atoms with Crippen molar-refractivity contribution in [1.29, 1.82) is 0 Å². The van der Waals surface area contributed by atoms with E-state index < -0.39 is 0 Å². The van der Waals surface area contributed by atoms with Gasteiger partial charge in [0.25, 0.3) is 0 Å². The maximum absolute atomic E-state index is 4.31. The molecule has 1 N–H and O–H groups in total. The minimum Gasteiger partial charge on any atom is -0.373 e. The molecule has 1 aliphatic carbocycles. The Morgan fingerprint density at radius 1 is 1.39 bits per heavy atom. The first kappa shape index (κ1) is 13.2. The van der Waals surface area contributed by atoms with Crippen molar-refractivity contribution < 1.29 is 0 Å². The van der Waals surface area contributed by atoms with Crippen molar-refractivity contribution in [1.82, 2.24) is 4.98 Å². The van der Waals surface area contributed by atoms with E-state index in [1.54, 1.807) is 0 Å². The fourth-order valence-electron chi connectivity index (χ4n) is 2.81. The Labute approximate surface area is 111 Å². The highest BCUT2D eigenvalue weighted by Gasteiger charge is 2.23. The van der Waals surface area contributed by atoms with E-state index in [0.717, 1.165) is 18.4 Å². The molecule has 0 radical (unpaired) electrons. The summed E-state index contributed by atoms with van der Waals surface area (Å²) < 4.78 is 0. The molecule has 2 rings (SSSR count). The number of anilines is 2. The number of pyridine rings is 1. The summed E-state index contributed by atoms with van der Waals surface area (Å²) in [6.45, 7) is 5.72. The van der Waals surface area contributed by atoms with Gasteiger partial charge in [0, 0.05) is 37.6 Å². The van der Waals surface area contributed by atoms with Crippen molar-refractivity contribution in [3.05, 3.63) is 18.3 Å². The summed E-state index contributed by atoms with van der Waals surface area (Å²) in [5.74, 6) is 1.65. The summed E-state index contributed by atoms with van der Waals surface area (Å²) >= 11 is 0. The van der Waals surface area contributed by atoms with Gasteiger partial charge in [0.15, 0.2) is 0 Å². The van der Waals surface area contributed by atoms with Crippen LogP contribution in [-0.4, -0.2) is 24.6 Å². The molecule has 1 aromatic rings. The summed E-state index contributed by atoms with van der Waals surface area (Å²) in [5.41, 5.74) is 1.31. The van der Waals surface area contributed by atoms with Gasteiger partial charge in [-0.25, -0.2) is 4.98 Å². The average molecular weight is 247 g/mol. The minimum absolute atomic E-state index is 0.691. The summed E-state index contributed by atoms with van der Waals surface area (Å²) in [6, 6.07) is 5.03. The third kappa shape index (κ3) is 3.15. The van der Waals surface area contributed by atoms with Gasteiger partial charge < -0.3 is 10.2 Å². The Morgan fingerprint density at radius 3 is 2.72 bits per heavy atom. The number of nitrogens with zero attached hydrogens (tertiary/aromatic N) is 2. The highest BCUT2D eigenvalue weighted by Crippen LogP contribution is 2.29. The van der Waals surface area contributed by atoms with Crippen LogP contribution < -0.4 is 10.2 Å². The highest BCUT2D eigenvalue weighted by molar-refractivity contribution is 5.54. The van der Waals surface area contributed by atoms with Crippen molar-refractivity contribution in [3.8, 4) is 0 Å². The van der Waals surface area contributed by atoms with Gasteiger partial charge in [-0.05, 0) is 24.8 Å². The van der Waals surface area contributed by atoms with E-state index in [-0.39, 0.29) is 0 Å². The number of hydrogen-bond acceptors (Lipinski definition) is 3. The van der Waals surface area contributed by atoms with Gasteiger partial charge in [0.05, 0.1) is 0 Å². The lowest BCUT2D eigenvalue weighted by Crippen LogP contribution is -2.36. The lowest BCUT2D eigenvalue weighted by molar-refractivity contribution is 0.536. The molecule has 1 aromatic heterocycles. The number of nitrogens with one attached hydrogen (secondary N) is 1. The zero-order valence-electron chi connectivity index (χ0n) is 11.8. The number of hydrogen-bond donors (Lipinski definition) is 1. The molecule has 0 aromatic carbocycles. The van der Waals surface area contributed by atoms with E-state index in [2.05, 4.69) is 41.2 Å². The summed E-state index contributed by atoms with van der Waals surface area (Å²) in [6.07, 6.45) is 7.34. The fourth-order valence-corrected chi connectivity index (χ4v) is 2.81. The zero-order valence-corrected chi connectivity index (χ0v) is 11.8. The largest absolute Gasteiger partial charge is 0.373 e. The predicted molar refractivity (Wildman–Crippen MR) is 78.2 cm³/mol. The highest BCUT2D eigenvalue weighted by atomic mass is 15.2. The Kier molecular flexibility index (Phi) is 4.45. The second-order valence-electron chi connectivity index (χ2n) is 5.63. The molecule has 1 aliphatic rings. The van der Waals surface area contributed by atoms with Crippen molar-refractivity contribution in [2.24, 2.45) is 5.92 Å². The van der Waals surface area contributed by atoms with E-state index in [1.807, 2.05) is 13.2 Å². The van der Waals surface area contributed by atoms with Crippen LogP contribution in [0.3, 0.4) is 0 Å². The van der Waals surface area contributed by atoms with Gasteiger partial charge in [-0.2, -0.15) is 0 Å². The minimum atomic E-state index is 0.691. The van der Waals surface area contributed by atoms with Gasteiger partial charge in [-0.15, -0.1) is 0 Å². The van der Waals surface area contributed by atoms with Crippen LogP contribution in [0.4, 0.5) is 11.5 Å². The van der Waals surface area contributed by atoms with Gasteiger partial charge in [-0.3, -0.25) is 0 Å². The second-order valence-corrected chi connectivity index (χ2v) is 5.63. The molecular formula is C15H25N3. The van der Waals surface area contributed by atoms with E-state index >= 15 is 0 Å². The summed E-state index contributed by atoms with van der Waals surface area (Å²) in [7, 11) is 1.93. The molecule has 1 fully saturated rings. The summed E-state index contributed by atoms with van der Waals surface area (Å²) in [5, 5.41) is 3.13. The molecule has 0 atom stereocenters. The maximum Gasteiger partial charge on any atom is 0.127 e. The molecule has 0 amide bonds. The first-order valence-corrected chi connectivity index (χ1v) is 7.11. The van der Waals surface area contributed by atoms with Crippen molar-refractivity contribution >= 4 is 11.5 Å². The van der Waals surface area contributed by atoms with Crippen molar-refractivity contribution in [2.45, 2.75) is 45.6 Å². The SMILES string of the molecule is CNc1cc(N(CC(C)C)C2CCCC2)ccn1. The monoisotopic (exact) mass is 247 g/mol. The molecule has 18 heavy (non-hydrogen) atoms. The average Bonchev–Trinajstić information content (AvgIpc) is 2.89.